The van der Waals surface area contributed by atoms with Gasteiger partial charge in [-0.15, -0.1) is 0 Å². The van der Waals surface area contributed by atoms with Crippen LogP contribution in [0.1, 0.15) is 5.56 Å². The van der Waals surface area contributed by atoms with Crippen molar-refractivity contribution in [3.8, 4) is 5.75 Å². The molecule has 1 aromatic heterocycles. The van der Waals surface area contributed by atoms with Crippen molar-refractivity contribution in [2.24, 2.45) is 0 Å². The first-order chi connectivity index (χ1) is 11.9. The van der Waals surface area contributed by atoms with Crippen molar-refractivity contribution in [1.29, 1.82) is 0 Å². The Balaban J connectivity index is 1.28. The molecule has 6 nitrogen and oxygen atoms in total. The van der Waals surface area contributed by atoms with Crippen molar-refractivity contribution < 1.29 is 4.74 Å². The van der Waals surface area contributed by atoms with Gasteiger partial charge in [-0.05, 0) is 30.2 Å². The Morgan fingerprint density at radius 1 is 1.08 bits per heavy atom. The molecule has 1 N–H and O–H groups in total. The molecule has 2 aromatic rings. The van der Waals surface area contributed by atoms with E-state index in [1.54, 1.807) is 0 Å². The van der Waals surface area contributed by atoms with Crippen LogP contribution in [-0.2, 0) is 6.42 Å². The van der Waals surface area contributed by atoms with E-state index in [-0.39, 0.29) is 0 Å². The Labute approximate surface area is 142 Å². The second-order valence-electron chi connectivity index (χ2n) is 6.23. The lowest BCUT2D eigenvalue weighted by molar-refractivity contribution is 0.259. The first kappa shape index (κ1) is 15.2. The zero-order chi connectivity index (χ0) is 16.2. The smallest absolute Gasteiger partial charge is 0.225 e. The molecule has 1 aromatic carbocycles. The van der Waals surface area contributed by atoms with Gasteiger partial charge in [0, 0.05) is 51.7 Å². The summed E-state index contributed by atoms with van der Waals surface area (Å²) in [4.78, 5) is 13.5. The van der Waals surface area contributed by atoms with Crippen LogP contribution in [0.5, 0.6) is 5.75 Å². The third-order valence-electron chi connectivity index (χ3n) is 4.64. The van der Waals surface area contributed by atoms with Crippen molar-refractivity contribution >= 4 is 11.6 Å². The van der Waals surface area contributed by atoms with Crippen LogP contribution in [0.25, 0.3) is 0 Å². The lowest BCUT2D eigenvalue weighted by Crippen LogP contribution is -2.47. The van der Waals surface area contributed by atoms with Gasteiger partial charge in [-0.25, -0.2) is 9.97 Å². The number of benzene rings is 1. The van der Waals surface area contributed by atoms with Crippen LogP contribution in [0.4, 0.5) is 11.6 Å². The van der Waals surface area contributed by atoms with Gasteiger partial charge in [0.25, 0.3) is 0 Å². The summed E-state index contributed by atoms with van der Waals surface area (Å²) in [5.74, 6) is 1.82. The van der Waals surface area contributed by atoms with E-state index in [4.69, 9.17) is 4.74 Å². The van der Waals surface area contributed by atoms with Gasteiger partial charge in [-0.1, -0.05) is 6.07 Å². The zero-order valence-electron chi connectivity index (χ0n) is 13.8. The molecular formula is C18H23N5O. The van der Waals surface area contributed by atoms with Gasteiger partial charge < -0.3 is 15.0 Å². The highest BCUT2D eigenvalue weighted by Crippen LogP contribution is 2.28. The number of anilines is 2. The molecule has 2 aliphatic heterocycles. The summed E-state index contributed by atoms with van der Waals surface area (Å²) in [7, 11) is 0. The highest BCUT2D eigenvalue weighted by molar-refractivity contribution is 5.59. The molecule has 2 aliphatic rings. The summed E-state index contributed by atoms with van der Waals surface area (Å²) in [5, 5.41) is 3.41. The van der Waals surface area contributed by atoms with Crippen LogP contribution >= 0.6 is 0 Å². The van der Waals surface area contributed by atoms with Crippen LogP contribution in [0.3, 0.4) is 0 Å². The minimum Gasteiger partial charge on any atom is -0.490 e. The maximum absolute atomic E-state index is 5.64. The molecule has 6 heteroatoms. The van der Waals surface area contributed by atoms with E-state index in [1.807, 2.05) is 18.5 Å². The van der Waals surface area contributed by atoms with Crippen molar-refractivity contribution in [2.75, 3.05) is 56.1 Å². The number of nitrogens with zero attached hydrogens (tertiary/aromatic N) is 4. The van der Waals surface area contributed by atoms with Gasteiger partial charge in [0.1, 0.15) is 12.4 Å². The fourth-order valence-electron chi connectivity index (χ4n) is 3.26. The van der Waals surface area contributed by atoms with Gasteiger partial charge in [0.15, 0.2) is 0 Å². The van der Waals surface area contributed by atoms with Gasteiger partial charge in [0.05, 0.1) is 5.69 Å². The molecule has 0 spiro atoms. The number of fused-ring (bicyclic) bond motifs is 1. The molecule has 3 heterocycles. The summed E-state index contributed by atoms with van der Waals surface area (Å²) < 4.78 is 5.64. The van der Waals surface area contributed by atoms with Gasteiger partial charge in [-0.2, -0.15) is 0 Å². The van der Waals surface area contributed by atoms with E-state index >= 15 is 0 Å². The van der Waals surface area contributed by atoms with Crippen molar-refractivity contribution in [2.45, 2.75) is 6.42 Å². The van der Waals surface area contributed by atoms with Gasteiger partial charge >= 0.3 is 0 Å². The Hall–Kier alpha value is -2.34. The number of ether oxygens (including phenoxy) is 1. The minimum absolute atomic E-state index is 0.752. The Bertz CT molecular complexity index is 670. The Kier molecular flexibility index (Phi) is 4.46. The molecule has 0 unspecified atom stereocenters. The van der Waals surface area contributed by atoms with Crippen molar-refractivity contribution in [3.05, 3.63) is 42.2 Å². The van der Waals surface area contributed by atoms with Crippen LogP contribution in [0.15, 0.2) is 36.7 Å². The Morgan fingerprint density at radius 3 is 2.75 bits per heavy atom. The van der Waals surface area contributed by atoms with E-state index in [9.17, 15) is 0 Å². The average Bonchev–Trinajstić information content (AvgIpc) is 2.67. The average molecular weight is 325 g/mol. The summed E-state index contributed by atoms with van der Waals surface area (Å²) in [6, 6.07) is 8.35. The number of aromatic nitrogens is 2. The Morgan fingerprint density at radius 2 is 1.92 bits per heavy atom. The normalized spacial score (nSPS) is 17.8. The summed E-state index contributed by atoms with van der Waals surface area (Å²) in [6.45, 7) is 6.83. The van der Waals surface area contributed by atoms with Crippen LogP contribution in [0.2, 0.25) is 0 Å². The van der Waals surface area contributed by atoms with Crippen molar-refractivity contribution in [3.63, 3.8) is 0 Å². The van der Waals surface area contributed by atoms with Crippen LogP contribution in [0, 0.1) is 0 Å². The van der Waals surface area contributed by atoms with E-state index in [0.717, 1.165) is 69.7 Å². The number of hydrogen-bond acceptors (Lipinski definition) is 6. The van der Waals surface area contributed by atoms with Gasteiger partial charge in [0.2, 0.25) is 5.95 Å². The maximum atomic E-state index is 5.64. The second-order valence-corrected chi connectivity index (χ2v) is 6.23. The van der Waals surface area contributed by atoms with Crippen molar-refractivity contribution in [1.82, 2.24) is 14.9 Å². The molecule has 0 atom stereocenters. The second kappa shape index (κ2) is 7.05. The summed E-state index contributed by atoms with van der Waals surface area (Å²) >= 11 is 0. The lowest BCUT2D eigenvalue weighted by Gasteiger charge is -2.34. The van der Waals surface area contributed by atoms with Gasteiger partial charge in [-0.3, -0.25) is 4.90 Å². The molecule has 1 saturated heterocycles. The molecule has 24 heavy (non-hydrogen) atoms. The predicted molar refractivity (Wildman–Crippen MR) is 94.8 cm³/mol. The van der Waals surface area contributed by atoms with E-state index < -0.39 is 0 Å². The highest BCUT2D eigenvalue weighted by atomic mass is 16.5. The molecule has 0 aliphatic carbocycles. The number of piperazine rings is 1. The molecule has 0 amide bonds. The first-order valence-electron chi connectivity index (χ1n) is 8.62. The summed E-state index contributed by atoms with van der Waals surface area (Å²) in [5.41, 5.74) is 2.49. The number of hydrogen-bond donors (Lipinski definition) is 1. The van der Waals surface area contributed by atoms with Crippen LogP contribution < -0.4 is 15.0 Å². The molecule has 126 valence electrons. The monoisotopic (exact) mass is 325 g/mol. The third-order valence-corrected chi connectivity index (χ3v) is 4.64. The van der Waals surface area contributed by atoms with E-state index in [1.165, 1.54) is 5.56 Å². The molecule has 1 fully saturated rings. The third kappa shape index (κ3) is 3.43. The van der Waals surface area contributed by atoms with Crippen LogP contribution in [-0.4, -0.2) is 60.7 Å². The molecular weight excluding hydrogens is 302 g/mol. The number of rotatable bonds is 4. The lowest BCUT2D eigenvalue weighted by atomic mass is 10.1. The molecule has 0 bridgehead atoms. The fraction of sp³-hybridized carbons (Fsp3) is 0.444. The number of nitrogens with one attached hydrogen (secondary N) is 1. The minimum atomic E-state index is 0.752. The fourth-order valence-corrected chi connectivity index (χ4v) is 3.26. The highest BCUT2D eigenvalue weighted by Gasteiger charge is 2.18. The zero-order valence-corrected chi connectivity index (χ0v) is 13.8. The predicted octanol–water partition coefficient (Wildman–Crippen LogP) is 1.65. The van der Waals surface area contributed by atoms with E-state index in [2.05, 4.69) is 43.3 Å². The standard InChI is InChI=1S/C18H23N5O/c1-5-20-18(21-6-1)23-11-9-22(10-12-23)8-4-15-2-3-17-16(14-15)19-7-13-24-17/h1-3,5-6,14,19H,4,7-13H2. The largest absolute Gasteiger partial charge is 0.490 e. The maximum Gasteiger partial charge on any atom is 0.225 e. The summed E-state index contributed by atoms with van der Waals surface area (Å²) in [6.07, 6.45) is 4.68. The molecule has 4 rings (SSSR count). The SMILES string of the molecule is c1cnc(N2CCN(CCc3ccc4c(c3)NCCO4)CC2)nc1. The molecule has 0 saturated carbocycles. The molecule has 0 radical (unpaired) electrons. The quantitative estimate of drug-likeness (QED) is 0.922. The topological polar surface area (TPSA) is 53.5 Å². The van der Waals surface area contributed by atoms with E-state index in [0.29, 0.717) is 0 Å². The first-order valence-corrected chi connectivity index (χ1v) is 8.62.